The summed E-state index contributed by atoms with van der Waals surface area (Å²) in [4.78, 5) is 38.9. The van der Waals surface area contributed by atoms with Crippen LogP contribution in [0.2, 0.25) is 0 Å². The molecule has 4 atom stereocenters. The van der Waals surface area contributed by atoms with Gasteiger partial charge >= 0.3 is 12.1 Å². The molecule has 0 unspecified atom stereocenters. The smallest absolute Gasteiger partial charge is 0.410 e. The average molecular weight is 374 g/mol. The summed E-state index contributed by atoms with van der Waals surface area (Å²) in [6, 6.07) is 8.08. The lowest BCUT2D eigenvalue weighted by molar-refractivity contribution is -0.131. The molecule has 7 nitrogen and oxygen atoms in total. The monoisotopic (exact) mass is 374 g/mol. The van der Waals surface area contributed by atoms with E-state index in [0.717, 1.165) is 6.42 Å². The minimum atomic E-state index is -0.746. The molecule has 2 aliphatic rings. The topological polar surface area (TPSA) is 98.9 Å². The lowest BCUT2D eigenvalue weighted by atomic mass is 9.87. The molecule has 3 rings (SSSR count). The van der Waals surface area contributed by atoms with Crippen molar-refractivity contribution in [3.8, 4) is 0 Å². The summed E-state index contributed by atoms with van der Waals surface area (Å²) in [5.74, 6) is -1.80. The summed E-state index contributed by atoms with van der Waals surface area (Å²) in [7, 11) is 0. The molecule has 0 radical (unpaired) electrons. The normalized spacial score (nSPS) is 27.1. The van der Waals surface area contributed by atoms with Crippen LogP contribution in [0.25, 0.3) is 0 Å². The van der Waals surface area contributed by atoms with Gasteiger partial charge in [0.1, 0.15) is 11.7 Å². The number of ether oxygens (including phenoxy) is 2. The molecule has 2 fully saturated rings. The zero-order valence-corrected chi connectivity index (χ0v) is 15.9. The maximum atomic E-state index is 12.6. The second kappa shape index (κ2) is 7.21. The highest BCUT2D eigenvalue weighted by Gasteiger charge is 2.53. The van der Waals surface area contributed by atoms with E-state index in [4.69, 9.17) is 15.2 Å². The lowest BCUT2D eigenvalue weighted by Crippen LogP contribution is -2.58. The first-order valence-electron chi connectivity index (χ1n) is 9.24. The summed E-state index contributed by atoms with van der Waals surface area (Å²) in [6.07, 6.45) is 0.645. The van der Waals surface area contributed by atoms with Crippen molar-refractivity contribution in [3.63, 3.8) is 0 Å². The van der Waals surface area contributed by atoms with Gasteiger partial charge in [-0.25, -0.2) is 9.59 Å². The van der Waals surface area contributed by atoms with E-state index < -0.39 is 41.6 Å². The van der Waals surface area contributed by atoms with Gasteiger partial charge in [-0.05, 0) is 45.7 Å². The van der Waals surface area contributed by atoms with Crippen molar-refractivity contribution in [1.82, 2.24) is 4.90 Å². The Hall–Kier alpha value is -2.57. The number of nitrogens with two attached hydrogens (primary N) is 1. The van der Waals surface area contributed by atoms with Crippen molar-refractivity contribution in [3.05, 3.63) is 35.9 Å². The summed E-state index contributed by atoms with van der Waals surface area (Å²) in [5.41, 5.74) is 5.43. The Morgan fingerprint density at radius 3 is 2.37 bits per heavy atom. The largest absolute Gasteiger partial charge is 0.458 e. The highest BCUT2D eigenvalue weighted by atomic mass is 16.6. The zero-order chi connectivity index (χ0) is 19.8. The van der Waals surface area contributed by atoms with Gasteiger partial charge in [-0.2, -0.15) is 0 Å². The van der Waals surface area contributed by atoms with E-state index in [2.05, 4.69) is 0 Å². The lowest BCUT2D eigenvalue weighted by Gasteiger charge is -2.42. The van der Waals surface area contributed by atoms with Crippen LogP contribution >= 0.6 is 0 Å². The quantitative estimate of drug-likeness (QED) is 0.820. The van der Waals surface area contributed by atoms with E-state index in [-0.39, 0.29) is 6.04 Å². The van der Waals surface area contributed by atoms with E-state index in [1.165, 1.54) is 0 Å². The molecule has 27 heavy (non-hydrogen) atoms. The maximum absolute atomic E-state index is 12.6. The predicted molar refractivity (Wildman–Crippen MR) is 97.8 cm³/mol. The molecule has 0 saturated carbocycles. The van der Waals surface area contributed by atoms with Crippen LogP contribution in [0.15, 0.2) is 30.3 Å². The first-order valence-corrected chi connectivity index (χ1v) is 9.24. The van der Waals surface area contributed by atoms with Gasteiger partial charge in [-0.3, -0.25) is 4.79 Å². The fraction of sp³-hybridized carbons (Fsp3) is 0.550. The fourth-order valence-corrected chi connectivity index (χ4v) is 4.03. The number of piperidine rings is 1. The Morgan fingerprint density at radius 2 is 1.78 bits per heavy atom. The van der Waals surface area contributed by atoms with Crippen molar-refractivity contribution in [1.29, 1.82) is 0 Å². The first-order chi connectivity index (χ1) is 12.7. The Morgan fingerprint density at radius 1 is 1.11 bits per heavy atom. The predicted octanol–water partition coefficient (Wildman–Crippen LogP) is 2.49. The molecule has 0 aromatic heterocycles. The number of primary amides is 1. The SMILES string of the molecule is CC(C)(C)OC(=O)N1[C@@H]2CC[C@H]1[C@H](C(N)=O)[C@H](OC(=O)c1ccccc1)C2. The van der Waals surface area contributed by atoms with Crippen LogP contribution in [0.1, 0.15) is 50.4 Å². The Balaban J connectivity index is 1.79. The van der Waals surface area contributed by atoms with Crippen molar-refractivity contribution < 1.29 is 23.9 Å². The van der Waals surface area contributed by atoms with E-state index in [0.29, 0.717) is 18.4 Å². The second-order valence-electron chi connectivity index (χ2n) is 8.16. The van der Waals surface area contributed by atoms with Crippen LogP contribution in [0, 0.1) is 5.92 Å². The minimum absolute atomic E-state index is 0.131. The molecular formula is C20H26N2O5. The van der Waals surface area contributed by atoms with E-state index in [1.807, 2.05) is 6.07 Å². The molecular weight excluding hydrogens is 348 g/mol. The number of benzene rings is 1. The van der Waals surface area contributed by atoms with Crippen LogP contribution in [0.4, 0.5) is 4.79 Å². The Bertz CT molecular complexity index is 728. The standard InChI is InChI=1S/C20H26N2O5/c1-20(2,3)27-19(25)22-13-9-10-14(22)16(17(21)23)15(11-13)26-18(24)12-7-5-4-6-8-12/h4-8,13-16H,9-11H2,1-3H3,(H2,21,23)/t13-,14+,15-,16+/m1/s1. The Labute approximate surface area is 158 Å². The number of hydrogen-bond donors (Lipinski definition) is 1. The molecule has 2 amide bonds. The van der Waals surface area contributed by atoms with Crippen molar-refractivity contribution in [2.75, 3.05) is 0 Å². The number of carbonyl (C=O) groups excluding carboxylic acids is 3. The highest BCUT2D eigenvalue weighted by molar-refractivity contribution is 5.90. The molecule has 2 saturated heterocycles. The van der Waals surface area contributed by atoms with Gasteiger partial charge in [0, 0.05) is 12.5 Å². The summed E-state index contributed by atoms with van der Waals surface area (Å²) >= 11 is 0. The van der Waals surface area contributed by atoms with E-state index in [9.17, 15) is 14.4 Å². The van der Waals surface area contributed by atoms with Gasteiger partial charge in [0.05, 0.1) is 17.5 Å². The molecule has 2 aliphatic heterocycles. The zero-order valence-electron chi connectivity index (χ0n) is 15.9. The molecule has 2 heterocycles. The summed E-state index contributed by atoms with van der Waals surface area (Å²) < 4.78 is 11.1. The number of amides is 2. The minimum Gasteiger partial charge on any atom is -0.458 e. The molecule has 1 aromatic rings. The number of rotatable bonds is 3. The maximum Gasteiger partial charge on any atom is 0.410 e. The number of fused-ring (bicyclic) bond motifs is 2. The van der Waals surface area contributed by atoms with E-state index >= 15 is 0 Å². The van der Waals surface area contributed by atoms with Crippen LogP contribution in [0.5, 0.6) is 0 Å². The Kier molecular flexibility index (Phi) is 5.13. The van der Waals surface area contributed by atoms with Gasteiger partial charge in [0.15, 0.2) is 0 Å². The summed E-state index contributed by atoms with van der Waals surface area (Å²) in [5, 5.41) is 0. The molecule has 2 N–H and O–H groups in total. The molecule has 2 bridgehead atoms. The van der Waals surface area contributed by atoms with Crippen LogP contribution in [-0.4, -0.2) is 46.7 Å². The van der Waals surface area contributed by atoms with Gasteiger partial charge < -0.3 is 20.1 Å². The molecule has 0 aliphatic carbocycles. The molecule has 7 heteroatoms. The summed E-state index contributed by atoms with van der Waals surface area (Å²) in [6.45, 7) is 5.40. The third-order valence-corrected chi connectivity index (χ3v) is 5.07. The average Bonchev–Trinajstić information content (AvgIpc) is 2.88. The fourth-order valence-electron chi connectivity index (χ4n) is 4.03. The number of hydrogen-bond acceptors (Lipinski definition) is 5. The van der Waals surface area contributed by atoms with E-state index in [1.54, 1.807) is 49.9 Å². The van der Waals surface area contributed by atoms with Crippen LogP contribution in [0.3, 0.4) is 0 Å². The van der Waals surface area contributed by atoms with Gasteiger partial charge in [-0.15, -0.1) is 0 Å². The van der Waals surface area contributed by atoms with Gasteiger partial charge in [-0.1, -0.05) is 18.2 Å². The second-order valence-corrected chi connectivity index (χ2v) is 8.16. The number of carbonyl (C=O) groups is 3. The van der Waals surface area contributed by atoms with Crippen LogP contribution < -0.4 is 5.73 Å². The molecule has 0 spiro atoms. The number of nitrogens with zero attached hydrogens (tertiary/aromatic N) is 1. The third kappa shape index (κ3) is 4.07. The number of esters is 1. The first kappa shape index (κ1) is 19.2. The molecule has 1 aromatic carbocycles. The third-order valence-electron chi connectivity index (χ3n) is 5.07. The van der Waals surface area contributed by atoms with Gasteiger partial charge in [0.2, 0.25) is 5.91 Å². The highest BCUT2D eigenvalue weighted by Crippen LogP contribution is 2.41. The van der Waals surface area contributed by atoms with Crippen molar-refractivity contribution in [2.24, 2.45) is 11.7 Å². The van der Waals surface area contributed by atoms with Crippen molar-refractivity contribution in [2.45, 2.75) is 63.8 Å². The molecule has 146 valence electrons. The van der Waals surface area contributed by atoms with Gasteiger partial charge in [0.25, 0.3) is 0 Å². The van der Waals surface area contributed by atoms with Crippen LogP contribution in [-0.2, 0) is 14.3 Å². The van der Waals surface area contributed by atoms with Crippen molar-refractivity contribution >= 4 is 18.0 Å².